The van der Waals surface area contributed by atoms with Crippen LogP contribution in [0.25, 0.3) is 11.3 Å². The Kier molecular flexibility index (Phi) is 6.66. The standard InChI is InChI=1S/C22H22N4O5/c1-13(2)19(21(28)29)25-20(27)18-12-17(26-31-18)14-8-10-16(11-9-14)24-22(30)23-15-6-4-3-5-7-15/h3-13,19H,1-2H3,(H,25,27)(H,28,29)(H2,23,24,30). The molecule has 9 nitrogen and oxygen atoms in total. The van der Waals surface area contributed by atoms with Crippen molar-refractivity contribution in [3.05, 3.63) is 66.4 Å². The van der Waals surface area contributed by atoms with Crippen molar-refractivity contribution in [1.82, 2.24) is 10.5 Å². The van der Waals surface area contributed by atoms with Crippen molar-refractivity contribution in [2.75, 3.05) is 10.6 Å². The van der Waals surface area contributed by atoms with Crippen LogP contribution in [0.4, 0.5) is 16.2 Å². The van der Waals surface area contributed by atoms with Crippen molar-refractivity contribution in [1.29, 1.82) is 0 Å². The molecule has 0 aliphatic rings. The average Bonchev–Trinajstić information content (AvgIpc) is 3.23. The Balaban J connectivity index is 1.62. The fourth-order valence-electron chi connectivity index (χ4n) is 2.78. The van der Waals surface area contributed by atoms with E-state index in [1.165, 1.54) is 6.07 Å². The van der Waals surface area contributed by atoms with Crippen LogP contribution in [0.15, 0.2) is 65.2 Å². The van der Waals surface area contributed by atoms with Gasteiger partial charge < -0.3 is 25.6 Å². The van der Waals surface area contributed by atoms with E-state index in [2.05, 4.69) is 21.1 Å². The minimum absolute atomic E-state index is 0.0914. The molecular formula is C22H22N4O5. The minimum atomic E-state index is -1.12. The lowest BCUT2D eigenvalue weighted by Gasteiger charge is -2.16. The van der Waals surface area contributed by atoms with Crippen LogP contribution >= 0.6 is 0 Å². The molecule has 3 aromatic rings. The van der Waals surface area contributed by atoms with Crippen LogP contribution in [0.1, 0.15) is 24.4 Å². The Morgan fingerprint density at radius 3 is 2.13 bits per heavy atom. The number of carboxylic acids is 1. The van der Waals surface area contributed by atoms with Crippen LogP contribution in [0.5, 0.6) is 0 Å². The second-order valence-corrected chi connectivity index (χ2v) is 7.13. The molecular weight excluding hydrogens is 400 g/mol. The van der Waals surface area contributed by atoms with Gasteiger partial charge in [-0.25, -0.2) is 9.59 Å². The molecule has 0 aliphatic heterocycles. The summed E-state index contributed by atoms with van der Waals surface area (Å²) in [6.07, 6.45) is 0. The lowest BCUT2D eigenvalue weighted by atomic mass is 10.0. The Morgan fingerprint density at radius 1 is 0.935 bits per heavy atom. The Labute approximate surface area is 178 Å². The minimum Gasteiger partial charge on any atom is -0.480 e. The van der Waals surface area contributed by atoms with Crippen molar-refractivity contribution >= 4 is 29.3 Å². The molecule has 0 fully saturated rings. The van der Waals surface area contributed by atoms with Crippen LogP contribution in [0.3, 0.4) is 0 Å². The number of nitrogens with zero attached hydrogens (tertiary/aromatic N) is 1. The Morgan fingerprint density at radius 2 is 1.55 bits per heavy atom. The molecule has 3 rings (SSSR count). The van der Waals surface area contributed by atoms with Gasteiger partial charge in [-0.2, -0.15) is 0 Å². The van der Waals surface area contributed by atoms with Crippen LogP contribution < -0.4 is 16.0 Å². The summed E-state index contributed by atoms with van der Waals surface area (Å²) in [5.74, 6) is -2.16. The number of hydrogen-bond acceptors (Lipinski definition) is 5. The van der Waals surface area contributed by atoms with E-state index in [9.17, 15) is 19.5 Å². The van der Waals surface area contributed by atoms with E-state index in [4.69, 9.17) is 4.52 Å². The van der Waals surface area contributed by atoms with Crippen LogP contribution in [-0.2, 0) is 4.79 Å². The molecule has 0 radical (unpaired) electrons. The van der Waals surface area contributed by atoms with Crippen molar-refractivity contribution in [2.45, 2.75) is 19.9 Å². The van der Waals surface area contributed by atoms with Crippen LogP contribution in [0, 0.1) is 5.92 Å². The van der Waals surface area contributed by atoms with E-state index in [1.54, 1.807) is 50.2 Å². The van der Waals surface area contributed by atoms with Gasteiger partial charge in [0.05, 0.1) is 0 Å². The number of carboxylic acid groups (broad SMARTS) is 1. The van der Waals surface area contributed by atoms with E-state index in [0.717, 1.165) is 0 Å². The van der Waals surface area contributed by atoms with Crippen LogP contribution in [0.2, 0.25) is 0 Å². The summed E-state index contributed by atoms with van der Waals surface area (Å²) in [5.41, 5.74) is 2.31. The quantitative estimate of drug-likeness (QED) is 0.457. The lowest BCUT2D eigenvalue weighted by molar-refractivity contribution is -0.140. The van der Waals surface area contributed by atoms with E-state index in [-0.39, 0.29) is 17.7 Å². The number of rotatable bonds is 7. The normalized spacial score (nSPS) is 11.6. The molecule has 3 amide bonds. The fraction of sp³-hybridized carbons (Fsp3) is 0.182. The van der Waals surface area contributed by atoms with Gasteiger partial charge in [0, 0.05) is 23.0 Å². The molecule has 1 atom stereocenters. The molecule has 0 saturated heterocycles. The molecule has 160 valence electrons. The molecule has 1 unspecified atom stereocenters. The summed E-state index contributed by atoms with van der Waals surface area (Å²) < 4.78 is 5.07. The van der Waals surface area contributed by atoms with Gasteiger partial charge in [0.25, 0.3) is 5.91 Å². The second-order valence-electron chi connectivity index (χ2n) is 7.13. The van der Waals surface area contributed by atoms with Gasteiger partial charge in [0.2, 0.25) is 5.76 Å². The summed E-state index contributed by atoms with van der Waals surface area (Å²) in [7, 11) is 0. The number of anilines is 2. The number of hydrogen-bond donors (Lipinski definition) is 4. The first-order valence-electron chi connectivity index (χ1n) is 9.57. The fourth-order valence-corrected chi connectivity index (χ4v) is 2.78. The van der Waals surface area contributed by atoms with E-state index >= 15 is 0 Å². The highest BCUT2D eigenvalue weighted by molar-refractivity contribution is 6.00. The number of urea groups is 1. The topological polar surface area (TPSA) is 134 Å². The first-order valence-corrected chi connectivity index (χ1v) is 9.57. The van der Waals surface area contributed by atoms with Gasteiger partial charge in [-0.1, -0.05) is 49.3 Å². The zero-order chi connectivity index (χ0) is 22.4. The number of aliphatic carboxylic acids is 1. The monoisotopic (exact) mass is 422 g/mol. The zero-order valence-electron chi connectivity index (χ0n) is 17.0. The maximum atomic E-state index is 12.3. The summed E-state index contributed by atoms with van der Waals surface area (Å²) >= 11 is 0. The average molecular weight is 422 g/mol. The number of para-hydroxylation sites is 1. The molecule has 2 aromatic carbocycles. The highest BCUT2D eigenvalue weighted by Gasteiger charge is 2.25. The van der Waals surface area contributed by atoms with Crippen molar-refractivity contribution in [3.8, 4) is 11.3 Å². The van der Waals surface area contributed by atoms with Gasteiger partial charge in [0.15, 0.2) is 0 Å². The number of carbonyl (C=O) groups is 3. The van der Waals surface area contributed by atoms with Gasteiger partial charge in [-0.3, -0.25) is 4.79 Å². The summed E-state index contributed by atoms with van der Waals surface area (Å²) in [6, 6.07) is 15.9. The molecule has 1 aromatic heterocycles. The van der Waals surface area contributed by atoms with Gasteiger partial charge in [-0.05, 0) is 30.2 Å². The molecule has 0 saturated carbocycles. The summed E-state index contributed by atoms with van der Waals surface area (Å²) in [5, 5.41) is 20.9. The third-order valence-corrected chi connectivity index (χ3v) is 4.42. The first kappa shape index (κ1) is 21.6. The maximum Gasteiger partial charge on any atom is 0.326 e. The van der Waals surface area contributed by atoms with E-state index < -0.39 is 17.9 Å². The third kappa shape index (κ3) is 5.69. The number of carbonyl (C=O) groups excluding carboxylic acids is 2. The predicted octanol–water partition coefficient (Wildman–Crippen LogP) is 3.82. The van der Waals surface area contributed by atoms with E-state index in [0.29, 0.717) is 22.6 Å². The largest absolute Gasteiger partial charge is 0.480 e. The molecule has 4 N–H and O–H groups in total. The highest BCUT2D eigenvalue weighted by atomic mass is 16.5. The molecule has 1 heterocycles. The second kappa shape index (κ2) is 9.57. The molecule has 9 heteroatoms. The zero-order valence-corrected chi connectivity index (χ0v) is 17.0. The lowest BCUT2D eigenvalue weighted by Crippen LogP contribution is -2.44. The first-order chi connectivity index (χ1) is 14.8. The molecule has 31 heavy (non-hydrogen) atoms. The number of aromatic nitrogens is 1. The van der Waals surface area contributed by atoms with Crippen molar-refractivity contribution < 1.29 is 24.0 Å². The van der Waals surface area contributed by atoms with Gasteiger partial charge >= 0.3 is 12.0 Å². The predicted molar refractivity (Wildman–Crippen MR) is 115 cm³/mol. The SMILES string of the molecule is CC(C)C(NC(=O)c1cc(-c2ccc(NC(=O)Nc3ccccc3)cc2)no1)C(=O)O. The van der Waals surface area contributed by atoms with Gasteiger partial charge in [-0.15, -0.1) is 0 Å². The smallest absolute Gasteiger partial charge is 0.326 e. The van der Waals surface area contributed by atoms with Crippen LogP contribution in [-0.4, -0.2) is 34.2 Å². The Hall–Kier alpha value is -4.14. The maximum absolute atomic E-state index is 12.3. The van der Waals surface area contributed by atoms with Crippen molar-refractivity contribution in [2.24, 2.45) is 5.92 Å². The molecule has 0 bridgehead atoms. The number of amides is 3. The Bertz CT molecular complexity index is 1060. The summed E-state index contributed by atoms with van der Waals surface area (Å²) in [6.45, 7) is 3.39. The molecule has 0 spiro atoms. The molecule has 0 aliphatic carbocycles. The summed E-state index contributed by atoms with van der Waals surface area (Å²) in [4.78, 5) is 35.6. The van der Waals surface area contributed by atoms with Crippen molar-refractivity contribution in [3.63, 3.8) is 0 Å². The number of nitrogens with one attached hydrogen (secondary N) is 3. The van der Waals surface area contributed by atoms with Gasteiger partial charge in [0.1, 0.15) is 11.7 Å². The third-order valence-electron chi connectivity index (χ3n) is 4.42. The highest BCUT2D eigenvalue weighted by Crippen LogP contribution is 2.22. The number of benzene rings is 2. The van der Waals surface area contributed by atoms with E-state index in [1.807, 2.05) is 18.2 Å².